The molecule has 2 aromatic rings. The third-order valence-corrected chi connectivity index (χ3v) is 3.86. The Kier molecular flexibility index (Phi) is 4.72. The number of rotatable bonds is 4. The summed E-state index contributed by atoms with van der Waals surface area (Å²) < 4.78 is 1.70. The molecule has 104 valence electrons. The molecule has 0 radical (unpaired) electrons. The van der Waals surface area contributed by atoms with Crippen LogP contribution in [0.3, 0.4) is 0 Å². The van der Waals surface area contributed by atoms with Crippen molar-refractivity contribution in [1.29, 1.82) is 0 Å². The summed E-state index contributed by atoms with van der Waals surface area (Å²) in [5.41, 5.74) is 2.24. The largest absolute Gasteiger partial charge is 0.378 e. The summed E-state index contributed by atoms with van der Waals surface area (Å²) in [6.45, 7) is 2.20. The van der Waals surface area contributed by atoms with E-state index < -0.39 is 0 Å². The molecule has 5 nitrogen and oxygen atoms in total. The highest BCUT2D eigenvalue weighted by atomic mass is 79.9. The van der Waals surface area contributed by atoms with Crippen molar-refractivity contribution in [3.8, 4) is 0 Å². The molecule has 1 N–H and O–H groups in total. The zero-order valence-electron chi connectivity index (χ0n) is 10.6. The average Bonchev–Trinajstić information content (AvgIpc) is 2.39. The van der Waals surface area contributed by atoms with Gasteiger partial charge in [0.1, 0.15) is 0 Å². The predicted octanol–water partition coefficient (Wildman–Crippen LogP) is 4.44. The van der Waals surface area contributed by atoms with E-state index in [1.165, 1.54) is 6.07 Å². The molecule has 0 aliphatic carbocycles. The lowest BCUT2D eigenvalue weighted by molar-refractivity contribution is -0.385. The van der Waals surface area contributed by atoms with Gasteiger partial charge in [0.25, 0.3) is 5.69 Å². The normalized spacial score (nSPS) is 10.3. The number of nitrogens with zero attached hydrogens (tertiary/aromatic N) is 2. The monoisotopic (exact) mass is 399 g/mol. The number of nitrogens with one attached hydrogen (secondary N) is 1. The van der Waals surface area contributed by atoms with E-state index in [1.54, 1.807) is 19.2 Å². The van der Waals surface area contributed by atoms with Crippen molar-refractivity contribution in [1.82, 2.24) is 4.98 Å². The summed E-state index contributed by atoms with van der Waals surface area (Å²) in [5.74, 6) is 0. The second-order valence-electron chi connectivity index (χ2n) is 4.20. The van der Waals surface area contributed by atoms with Gasteiger partial charge in [0, 0.05) is 26.8 Å². The molecule has 0 amide bonds. The van der Waals surface area contributed by atoms with Crippen molar-refractivity contribution in [2.45, 2.75) is 13.5 Å². The number of aromatic nitrogens is 1. The number of nitro groups is 1. The summed E-state index contributed by atoms with van der Waals surface area (Å²) in [4.78, 5) is 14.8. The number of nitro benzene ring substituents is 1. The molecule has 7 heteroatoms. The van der Waals surface area contributed by atoms with Crippen molar-refractivity contribution in [3.63, 3.8) is 0 Å². The summed E-state index contributed by atoms with van der Waals surface area (Å²) in [6.07, 6.45) is 1.71. The molecule has 1 aromatic heterocycles. The maximum Gasteiger partial charge on any atom is 0.274 e. The zero-order chi connectivity index (χ0) is 14.7. The first-order valence-electron chi connectivity index (χ1n) is 5.76. The van der Waals surface area contributed by atoms with Crippen molar-refractivity contribution in [2.75, 3.05) is 5.32 Å². The Morgan fingerprint density at radius 2 is 2.10 bits per heavy atom. The molecule has 1 heterocycles. The van der Waals surface area contributed by atoms with Gasteiger partial charge in [-0.15, -0.1) is 0 Å². The van der Waals surface area contributed by atoms with Crippen LogP contribution >= 0.6 is 31.9 Å². The third kappa shape index (κ3) is 3.55. The fourth-order valence-electron chi connectivity index (χ4n) is 1.69. The minimum Gasteiger partial charge on any atom is -0.378 e. The molecule has 0 saturated carbocycles. The fourth-order valence-corrected chi connectivity index (χ4v) is 2.52. The average molecular weight is 401 g/mol. The first kappa shape index (κ1) is 14.9. The molecule has 0 atom stereocenters. The lowest BCUT2D eigenvalue weighted by Gasteiger charge is -2.09. The van der Waals surface area contributed by atoms with E-state index >= 15 is 0 Å². The summed E-state index contributed by atoms with van der Waals surface area (Å²) >= 11 is 6.72. The SMILES string of the molecule is Cc1cc(Br)c(NCc2ccc(Br)cn2)cc1[N+](=O)[O-]. The first-order chi connectivity index (χ1) is 9.47. The highest BCUT2D eigenvalue weighted by Gasteiger charge is 2.14. The van der Waals surface area contributed by atoms with Gasteiger partial charge < -0.3 is 5.32 Å². The van der Waals surface area contributed by atoms with Crippen LogP contribution < -0.4 is 5.32 Å². The van der Waals surface area contributed by atoms with Crippen LogP contribution in [0.1, 0.15) is 11.3 Å². The van der Waals surface area contributed by atoms with Crippen molar-refractivity contribution < 1.29 is 4.92 Å². The molecule has 20 heavy (non-hydrogen) atoms. The van der Waals surface area contributed by atoms with Crippen LogP contribution in [0.2, 0.25) is 0 Å². The van der Waals surface area contributed by atoms with Gasteiger partial charge in [0.2, 0.25) is 0 Å². The van der Waals surface area contributed by atoms with Crippen LogP contribution in [0.15, 0.2) is 39.4 Å². The highest BCUT2D eigenvalue weighted by molar-refractivity contribution is 9.10. The van der Waals surface area contributed by atoms with Gasteiger partial charge in [0.05, 0.1) is 22.8 Å². The molecular weight excluding hydrogens is 390 g/mol. The van der Waals surface area contributed by atoms with E-state index in [9.17, 15) is 10.1 Å². The predicted molar refractivity (Wildman–Crippen MR) is 84.8 cm³/mol. The van der Waals surface area contributed by atoms with Crippen LogP contribution in [0.5, 0.6) is 0 Å². The van der Waals surface area contributed by atoms with Crippen LogP contribution in [-0.2, 0) is 6.54 Å². The van der Waals surface area contributed by atoms with E-state index in [0.717, 1.165) is 14.6 Å². The van der Waals surface area contributed by atoms with Crippen molar-refractivity contribution in [3.05, 3.63) is 60.8 Å². The van der Waals surface area contributed by atoms with Crippen molar-refractivity contribution >= 4 is 43.2 Å². The topological polar surface area (TPSA) is 68.1 Å². The Bertz CT molecular complexity index is 645. The summed E-state index contributed by atoms with van der Waals surface area (Å²) in [5, 5.41) is 14.1. The lowest BCUT2D eigenvalue weighted by Crippen LogP contribution is -2.03. The molecule has 1 aromatic carbocycles. The number of aryl methyl sites for hydroxylation is 1. The second-order valence-corrected chi connectivity index (χ2v) is 5.97. The molecule has 0 aliphatic rings. The smallest absolute Gasteiger partial charge is 0.274 e. The van der Waals surface area contributed by atoms with Crippen LogP contribution in [0.25, 0.3) is 0 Å². The van der Waals surface area contributed by atoms with Gasteiger partial charge in [-0.1, -0.05) is 0 Å². The third-order valence-electron chi connectivity index (χ3n) is 2.73. The summed E-state index contributed by atoms with van der Waals surface area (Å²) in [7, 11) is 0. The van der Waals surface area contributed by atoms with Gasteiger partial charge in [-0.05, 0) is 57.0 Å². The number of hydrogen-bond donors (Lipinski definition) is 1. The van der Waals surface area contributed by atoms with Crippen LogP contribution in [0, 0.1) is 17.0 Å². The fraction of sp³-hybridized carbons (Fsp3) is 0.154. The Morgan fingerprint density at radius 3 is 2.70 bits per heavy atom. The van der Waals surface area contributed by atoms with E-state index in [1.807, 2.05) is 12.1 Å². The van der Waals surface area contributed by atoms with Gasteiger partial charge in [-0.3, -0.25) is 15.1 Å². The van der Waals surface area contributed by atoms with Crippen LogP contribution in [-0.4, -0.2) is 9.91 Å². The Morgan fingerprint density at radius 1 is 1.35 bits per heavy atom. The Hall–Kier alpha value is -1.47. The zero-order valence-corrected chi connectivity index (χ0v) is 13.7. The minimum absolute atomic E-state index is 0.0967. The van der Waals surface area contributed by atoms with E-state index in [0.29, 0.717) is 17.8 Å². The molecule has 0 saturated heterocycles. The molecule has 2 rings (SSSR count). The molecule has 0 spiro atoms. The molecule has 0 bridgehead atoms. The van der Waals surface area contributed by atoms with Gasteiger partial charge in [-0.25, -0.2) is 0 Å². The Balaban J connectivity index is 2.18. The van der Waals surface area contributed by atoms with E-state index in [4.69, 9.17) is 0 Å². The molecule has 0 aliphatic heterocycles. The van der Waals surface area contributed by atoms with E-state index in [2.05, 4.69) is 42.2 Å². The second kappa shape index (κ2) is 6.32. The summed E-state index contributed by atoms with van der Waals surface area (Å²) in [6, 6.07) is 7.04. The number of benzene rings is 1. The quantitative estimate of drug-likeness (QED) is 0.608. The number of hydrogen-bond acceptors (Lipinski definition) is 4. The van der Waals surface area contributed by atoms with Gasteiger partial charge in [-0.2, -0.15) is 0 Å². The van der Waals surface area contributed by atoms with E-state index in [-0.39, 0.29) is 10.6 Å². The number of anilines is 1. The maximum atomic E-state index is 10.9. The lowest BCUT2D eigenvalue weighted by atomic mass is 10.2. The molecule has 0 fully saturated rings. The molecule has 0 unspecified atom stereocenters. The standard InChI is InChI=1S/C13H11Br2N3O2/c1-8-4-11(15)12(5-13(8)18(19)20)17-7-10-3-2-9(14)6-16-10/h2-6,17H,7H2,1H3. The minimum atomic E-state index is -0.384. The van der Waals surface area contributed by atoms with Gasteiger partial charge >= 0.3 is 0 Å². The maximum absolute atomic E-state index is 10.9. The van der Waals surface area contributed by atoms with Gasteiger partial charge in [0.15, 0.2) is 0 Å². The van der Waals surface area contributed by atoms with Crippen LogP contribution in [0.4, 0.5) is 11.4 Å². The highest BCUT2D eigenvalue weighted by Crippen LogP contribution is 2.30. The molecular formula is C13H11Br2N3O2. The number of pyridine rings is 1. The first-order valence-corrected chi connectivity index (χ1v) is 7.35. The number of halogens is 2. The Labute approximate surface area is 132 Å². The van der Waals surface area contributed by atoms with Crippen molar-refractivity contribution in [2.24, 2.45) is 0 Å².